The summed E-state index contributed by atoms with van der Waals surface area (Å²) in [6.07, 6.45) is 14.5. The zero-order chi connectivity index (χ0) is 24.3. The quantitative estimate of drug-likeness (QED) is 0.189. The molecule has 0 aliphatic rings. The molecule has 180 valence electrons. The van der Waals surface area contributed by atoms with Gasteiger partial charge in [-0.25, -0.2) is 13.8 Å². The molecule has 0 N–H and O–H groups in total. The number of unbranched alkanes of at least 4 members (excludes halogenated alkanes) is 3. The Kier molecular flexibility index (Phi) is 9.89. The molecule has 0 saturated heterocycles. The molecule has 0 radical (unpaired) electrons. The fourth-order valence-electron chi connectivity index (χ4n) is 3.82. The summed E-state index contributed by atoms with van der Waals surface area (Å²) in [5, 5.41) is 0. The summed E-state index contributed by atoms with van der Waals surface area (Å²) in [6.45, 7) is 8.77. The summed E-state index contributed by atoms with van der Waals surface area (Å²) in [7, 11) is 0. The van der Waals surface area contributed by atoms with Crippen LogP contribution in [0.1, 0.15) is 63.5 Å². The van der Waals surface area contributed by atoms with Crippen LogP contribution in [0.25, 0.3) is 28.4 Å². The lowest BCUT2D eigenvalue weighted by Crippen LogP contribution is -2.08. The van der Waals surface area contributed by atoms with Crippen LogP contribution < -0.4 is 0 Å². The summed E-state index contributed by atoms with van der Waals surface area (Å²) >= 11 is 0. The van der Waals surface area contributed by atoms with E-state index in [1.54, 1.807) is 18.2 Å². The first-order valence-corrected chi connectivity index (χ1v) is 12.2. The monoisotopic (exact) mass is 464 g/mol. The largest absolute Gasteiger partial charge is 0.379 e. The fraction of sp³-hybridized carbons (Fsp3) is 0.379. The normalized spacial score (nSPS) is 12.5. The highest BCUT2D eigenvalue weighted by molar-refractivity contribution is 5.79. The minimum Gasteiger partial charge on any atom is -0.379 e. The molecular weight excluding hydrogens is 430 g/mol. The third-order valence-corrected chi connectivity index (χ3v) is 5.81. The molecule has 1 heterocycles. The molecule has 1 atom stereocenters. The maximum atomic E-state index is 14.6. The molecule has 0 saturated carbocycles. The Morgan fingerprint density at radius 3 is 2.71 bits per heavy atom. The Bertz CT molecular complexity index is 1130. The summed E-state index contributed by atoms with van der Waals surface area (Å²) in [5.41, 5.74) is 3.07. The number of allylic oxidation sites excluding steroid dienone is 2. The number of nitrogens with zero attached hydrogens (tertiary/aromatic N) is 2. The lowest BCUT2D eigenvalue weighted by atomic mass is 10.0. The molecule has 0 fully saturated rings. The van der Waals surface area contributed by atoms with Gasteiger partial charge in [0.1, 0.15) is 0 Å². The number of fused-ring (bicyclic) bond motifs is 1. The highest BCUT2D eigenvalue weighted by Gasteiger charge is 2.15. The van der Waals surface area contributed by atoms with E-state index in [1.165, 1.54) is 19.0 Å². The number of benzene rings is 2. The van der Waals surface area contributed by atoms with Crippen molar-refractivity contribution in [3.63, 3.8) is 0 Å². The van der Waals surface area contributed by atoms with Gasteiger partial charge in [-0.3, -0.25) is 4.98 Å². The van der Waals surface area contributed by atoms with Crippen molar-refractivity contribution in [1.82, 2.24) is 9.97 Å². The predicted octanol–water partition coefficient (Wildman–Crippen LogP) is 8.08. The van der Waals surface area contributed by atoms with Crippen molar-refractivity contribution in [2.45, 2.75) is 64.9 Å². The van der Waals surface area contributed by atoms with Crippen LogP contribution >= 0.6 is 0 Å². The van der Waals surface area contributed by atoms with Crippen molar-refractivity contribution in [2.24, 2.45) is 0 Å². The van der Waals surface area contributed by atoms with Gasteiger partial charge in [0.2, 0.25) is 0 Å². The van der Waals surface area contributed by atoms with Crippen LogP contribution in [0, 0.1) is 11.6 Å². The second-order valence-corrected chi connectivity index (χ2v) is 8.62. The number of rotatable bonds is 13. The molecule has 1 aromatic heterocycles. The van der Waals surface area contributed by atoms with Gasteiger partial charge in [0.25, 0.3) is 0 Å². The van der Waals surface area contributed by atoms with E-state index < -0.39 is 11.6 Å². The molecule has 0 aliphatic carbocycles. The zero-order valence-electron chi connectivity index (χ0n) is 20.2. The molecule has 34 heavy (non-hydrogen) atoms. The minimum atomic E-state index is -0.909. The van der Waals surface area contributed by atoms with Crippen molar-refractivity contribution in [1.29, 1.82) is 0 Å². The second-order valence-electron chi connectivity index (χ2n) is 8.62. The number of halogens is 2. The van der Waals surface area contributed by atoms with Gasteiger partial charge < -0.3 is 4.74 Å². The summed E-state index contributed by atoms with van der Waals surface area (Å²) in [6, 6.07) is 8.88. The highest BCUT2D eigenvalue weighted by Crippen LogP contribution is 2.26. The Balaban J connectivity index is 1.59. The average Bonchev–Trinajstić information content (AvgIpc) is 2.84. The molecule has 3 rings (SSSR count). The van der Waals surface area contributed by atoms with Gasteiger partial charge >= 0.3 is 0 Å². The average molecular weight is 465 g/mol. The Labute approximate surface area is 201 Å². The van der Waals surface area contributed by atoms with Crippen molar-refractivity contribution in [2.75, 3.05) is 6.61 Å². The molecule has 3 aromatic rings. The van der Waals surface area contributed by atoms with Gasteiger partial charge in [-0.15, -0.1) is 6.58 Å². The van der Waals surface area contributed by atoms with Gasteiger partial charge in [-0.1, -0.05) is 50.1 Å². The van der Waals surface area contributed by atoms with Crippen molar-refractivity contribution in [3.8, 4) is 11.3 Å². The van der Waals surface area contributed by atoms with E-state index >= 15 is 0 Å². The van der Waals surface area contributed by atoms with Crippen LogP contribution in [0.2, 0.25) is 0 Å². The van der Waals surface area contributed by atoms with Crippen molar-refractivity contribution >= 4 is 17.1 Å². The summed E-state index contributed by atoms with van der Waals surface area (Å²) in [5.74, 6) is -1.77. The Morgan fingerprint density at radius 2 is 1.91 bits per heavy atom. The van der Waals surface area contributed by atoms with E-state index in [-0.39, 0.29) is 17.5 Å². The lowest BCUT2D eigenvalue weighted by Gasteiger charge is -2.12. The zero-order valence-corrected chi connectivity index (χ0v) is 20.2. The third kappa shape index (κ3) is 7.04. The third-order valence-electron chi connectivity index (χ3n) is 5.81. The fourth-order valence-corrected chi connectivity index (χ4v) is 3.82. The van der Waals surface area contributed by atoms with E-state index in [4.69, 9.17) is 4.74 Å². The maximum Gasteiger partial charge on any atom is 0.168 e. The van der Waals surface area contributed by atoms with E-state index in [0.29, 0.717) is 22.8 Å². The van der Waals surface area contributed by atoms with Crippen LogP contribution in [-0.2, 0) is 11.2 Å². The molecule has 0 spiro atoms. The molecule has 1 unspecified atom stereocenters. The Morgan fingerprint density at radius 1 is 1.06 bits per heavy atom. The van der Waals surface area contributed by atoms with E-state index in [0.717, 1.165) is 37.9 Å². The molecule has 3 nitrogen and oxygen atoms in total. The van der Waals surface area contributed by atoms with Gasteiger partial charge in [0, 0.05) is 12.2 Å². The van der Waals surface area contributed by atoms with Crippen LogP contribution in [-0.4, -0.2) is 22.7 Å². The van der Waals surface area contributed by atoms with E-state index in [1.807, 2.05) is 18.2 Å². The lowest BCUT2D eigenvalue weighted by molar-refractivity contribution is 0.0566. The van der Waals surface area contributed by atoms with Gasteiger partial charge in [0.05, 0.1) is 29.0 Å². The van der Waals surface area contributed by atoms with Gasteiger partial charge in [-0.2, -0.15) is 0 Å². The second kappa shape index (κ2) is 13.1. The van der Waals surface area contributed by atoms with Crippen LogP contribution in [0.3, 0.4) is 0 Å². The first-order valence-electron chi connectivity index (χ1n) is 12.2. The molecule has 0 bridgehead atoms. The maximum absolute atomic E-state index is 14.6. The SMILES string of the molecule is C=CCc1ccc(-c2cnc3cc(/C=C/CCCC(C)OCCCCC)ccc3n2)c(F)c1F. The van der Waals surface area contributed by atoms with Crippen LogP contribution in [0.15, 0.2) is 55.3 Å². The molecular formula is C29H34F2N2O. The smallest absolute Gasteiger partial charge is 0.168 e. The molecule has 2 aromatic carbocycles. The van der Waals surface area contributed by atoms with Crippen molar-refractivity contribution in [3.05, 3.63) is 78.0 Å². The number of aromatic nitrogens is 2. The summed E-state index contributed by atoms with van der Waals surface area (Å²) < 4.78 is 34.7. The van der Waals surface area contributed by atoms with E-state index in [2.05, 4.69) is 42.5 Å². The first-order chi connectivity index (χ1) is 16.5. The van der Waals surface area contributed by atoms with Crippen LogP contribution in [0.4, 0.5) is 8.78 Å². The van der Waals surface area contributed by atoms with Gasteiger partial charge in [0.15, 0.2) is 11.6 Å². The number of hydrogen-bond donors (Lipinski definition) is 0. The minimum absolute atomic E-state index is 0.104. The van der Waals surface area contributed by atoms with Gasteiger partial charge in [-0.05, 0) is 68.4 Å². The highest BCUT2D eigenvalue weighted by atomic mass is 19.2. The van der Waals surface area contributed by atoms with E-state index in [9.17, 15) is 8.78 Å². The molecule has 0 amide bonds. The number of hydrogen-bond acceptors (Lipinski definition) is 3. The number of ether oxygens (including phenoxy) is 1. The predicted molar refractivity (Wildman–Crippen MR) is 137 cm³/mol. The van der Waals surface area contributed by atoms with Crippen LogP contribution in [0.5, 0.6) is 0 Å². The molecule has 5 heteroatoms. The summed E-state index contributed by atoms with van der Waals surface area (Å²) in [4.78, 5) is 8.94. The first kappa shape index (κ1) is 25.7. The standard InChI is InChI=1S/C29H34F2N2O/c1-4-6-10-18-34-21(3)12-8-7-9-13-22-14-17-25-26(19-22)32-20-27(33-25)24-16-15-23(11-5-2)28(30)29(24)31/h5,9,13-17,19-21H,2,4,6-8,10-12,18H2,1,3H3/b13-9+. The Hall–Kier alpha value is -2.92. The molecule has 0 aliphatic heterocycles. The topological polar surface area (TPSA) is 35.0 Å². The van der Waals surface area contributed by atoms with Crippen molar-refractivity contribution < 1.29 is 13.5 Å².